The van der Waals surface area contributed by atoms with Gasteiger partial charge in [0, 0.05) is 4.88 Å². The highest BCUT2D eigenvalue weighted by Gasteiger charge is 2.11. The minimum atomic E-state index is 0.651. The molecule has 0 aliphatic rings. The molecule has 1 aromatic heterocycles. The van der Waals surface area contributed by atoms with Crippen molar-refractivity contribution >= 4 is 27.3 Å². The van der Waals surface area contributed by atoms with Crippen molar-refractivity contribution < 1.29 is 0 Å². The van der Waals surface area contributed by atoms with Crippen LogP contribution in [-0.2, 0) is 12.8 Å². The van der Waals surface area contributed by atoms with Crippen molar-refractivity contribution in [1.29, 1.82) is 0 Å². The van der Waals surface area contributed by atoms with Crippen LogP contribution < -0.4 is 5.32 Å². The number of hydrogen-bond acceptors (Lipinski definition) is 2. The number of halogens is 1. The first-order valence-corrected chi connectivity index (χ1v) is 8.22. The molecular weight excluding hydrogens is 318 g/mol. The molecule has 2 rings (SSSR count). The number of hydrogen-bond donors (Lipinski definition) is 1. The number of thiophene rings is 1. The molecule has 0 aliphatic carbocycles. The molecule has 1 heterocycles. The van der Waals surface area contributed by atoms with Gasteiger partial charge in [0.25, 0.3) is 0 Å². The summed E-state index contributed by atoms with van der Waals surface area (Å²) < 4.78 is 1.22. The van der Waals surface area contributed by atoms with E-state index in [0.29, 0.717) is 5.92 Å². The molecule has 1 unspecified atom stereocenters. The molecule has 1 atom stereocenters. The molecule has 102 valence electrons. The SMILES string of the molecule is CNCC(Cc1ccc(C)cc1)Cc1ccc(Br)s1. The van der Waals surface area contributed by atoms with E-state index in [9.17, 15) is 0 Å². The lowest BCUT2D eigenvalue weighted by atomic mass is 9.95. The van der Waals surface area contributed by atoms with E-state index in [1.54, 1.807) is 0 Å². The number of rotatable bonds is 6. The van der Waals surface area contributed by atoms with Crippen LogP contribution in [-0.4, -0.2) is 13.6 Å². The Labute approximate surface area is 128 Å². The van der Waals surface area contributed by atoms with Gasteiger partial charge in [0.1, 0.15) is 0 Å². The molecule has 2 aromatic rings. The maximum Gasteiger partial charge on any atom is 0.0701 e. The third kappa shape index (κ3) is 4.75. The average Bonchev–Trinajstić information content (AvgIpc) is 2.78. The molecule has 0 bridgehead atoms. The quantitative estimate of drug-likeness (QED) is 0.821. The molecule has 0 spiro atoms. The monoisotopic (exact) mass is 337 g/mol. The molecule has 1 aromatic carbocycles. The lowest BCUT2D eigenvalue weighted by molar-refractivity contribution is 0.496. The third-order valence-corrected chi connectivity index (χ3v) is 4.90. The van der Waals surface area contributed by atoms with E-state index in [0.717, 1.165) is 19.4 Å². The molecule has 1 nitrogen and oxygen atoms in total. The molecule has 0 aliphatic heterocycles. The van der Waals surface area contributed by atoms with Crippen molar-refractivity contribution in [2.24, 2.45) is 5.92 Å². The highest BCUT2D eigenvalue weighted by atomic mass is 79.9. The summed E-state index contributed by atoms with van der Waals surface area (Å²) in [7, 11) is 2.03. The van der Waals surface area contributed by atoms with E-state index in [1.165, 1.54) is 19.8 Å². The van der Waals surface area contributed by atoms with Gasteiger partial charge in [-0.1, -0.05) is 29.8 Å². The van der Waals surface area contributed by atoms with Crippen molar-refractivity contribution in [3.63, 3.8) is 0 Å². The topological polar surface area (TPSA) is 12.0 Å². The fourth-order valence-corrected chi connectivity index (χ4v) is 3.91. The third-order valence-electron chi connectivity index (χ3n) is 3.26. The van der Waals surface area contributed by atoms with Crippen LogP contribution in [0.3, 0.4) is 0 Å². The van der Waals surface area contributed by atoms with Crippen molar-refractivity contribution in [2.45, 2.75) is 19.8 Å². The maximum absolute atomic E-state index is 3.54. The average molecular weight is 338 g/mol. The molecule has 0 amide bonds. The lowest BCUT2D eigenvalue weighted by Crippen LogP contribution is -2.22. The van der Waals surface area contributed by atoms with Crippen LogP contribution >= 0.6 is 27.3 Å². The van der Waals surface area contributed by atoms with Gasteiger partial charge in [0.2, 0.25) is 0 Å². The van der Waals surface area contributed by atoms with Crippen molar-refractivity contribution in [2.75, 3.05) is 13.6 Å². The molecule has 1 N–H and O–H groups in total. The number of nitrogens with one attached hydrogen (secondary N) is 1. The fourth-order valence-electron chi connectivity index (χ4n) is 2.31. The highest BCUT2D eigenvalue weighted by molar-refractivity contribution is 9.11. The first kappa shape index (κ1) is 14.8. The predicted octanol–water partition coefficient (Wildman–Crippen LogP) is 4.44. The fraction of sp³-hybridized carbons (Fsp3) is 0.375. The van der Waals surface area contributed by atoms with Gasteiger partial charge < -0.3 is 5.32 Å². The summed E-state index contributed by atoms with van der Waals surface area (Å²) in [5, 5.41) is 3.32. The second kappa shape index (κ2) is 7.22. The van der Waals surface area contributed by atoms with Crippen molar-refractivity contribution in [1.82, 2.24) is 5.32 Å². The van der Waals surface area contributed by atoms with Crippen LogP contribution in [0.4, 0.5) is 0 Å². The second-order valence-corrected chi connectivity index (χ2v) is 7.57. The Morgan fingerprint density at radius 3 is 2.42 bits per heavy atom. The zero-order valence-corrected chi connectivity index (χ0v) is 13.9. The second-order valence-electron chi connectivity index (χ2n) is 5.02. The van der Waals surface area contributed by atoms with Crippen LogP contribution in [0.2, 0.25) is 0 Å². The van der Waals surface area contributed by atoms with Crippen LogP contribution in [0.15, 0.2) is 40.2 Å². The molecule has 0 radical (unpaired) electrons. The Morgan fingerprint density at radius 1 is 1.11 bits per heavy atom. The number of aryl methyl sites for hydroxylation is 1. The van der Waals surface area contributed by atoms with Gasteiger partial charge in [0.15, 0.2) is 0 Å². The zero-order valence-electron chi connectivity index (χ0n) is 11.4. The normalized spacial score (nSPS) is 12.6. The zero-order chi connectivity index (χ0) is 13.7. The highest BCUT2D eigenvalue weighted by Crippen LogP contribution is 2.25. The van der Waals surface area contributed by atoms with E-state index >= 15 is 0 Å². The van der Waals surface area contributed by atoms with Gasteiger partial charge in [-0.15, -0.1) is 11.3 Å². The Morgan fingerprint density at radius 2 is 1.84 bits per heavy atom. The van der Waals surface area contributed by atoms with Gasteiger partial charge in [-0.3, -0.25) is 0 Å². The van der Waals surface area contributed by atoms with Crippen LogP contribution in [0.1, 0.15) is 16.0 Å². The summed E-state index contributed by atoms with van der Waals surface area (Å²) in [6.45, 7) is 3.20. The minimum absolute atomic E-state index is 0.651. The molecular formula is C16H20BrNS. The van der Waals surface area contributed by atoms with E-state index in [-0.39, 0.29) is 0 Å². The van der Waals surface area contributed by atoms with Gasteiger partial charge >= 0.3 is 0 Å². The summed E-state index contributed by atoms with van der Waals surface area (Å²) in [6.07, 6.45) is 2.28. The van der Waals surface area contributed by atoms with Crippen LogP contribution in [0, 0.1) is 12.8 Å². The smallest absolute Gasteiger partial charge is 0.0701 e. The maximum atomic E-state index is 3.54. The number of benzene rings is 1. The van der Waals surface area contributed by atoms with E-state index in [4.69, 9.17) is 0 Å². The summed E-state index contributed by atoms with van der Waals surface area (Å²) in [4.78, 5) is 1.46. The predicted molar refractivity (Wildman–Crippen MR) is 88.0 cm³/mol. The first-order chi connectivity index (χ1) is 9.17. The largest absolute Gasteiger partial charge is 0.319 e. The van der Waals surface area contributed by atoms with Gasteiger partial charge in [-0.2, -0.15) is 0 Å². The summed E-state index contributed by atoms with van der Waals surface area (Å²) >= 11 is 5.38. The summed E-state index contributed by atoms with van der Waals surface area (Å²) in [5.41, 5.74) is 2.76. The molecule has 0 saturated heterocycles. The van der Waals surface area contributed by atoms with Crippen LogP contribution in [0.25, 0.3) is 0 Å². The van der Waals surface area contributed by atoms with Crippen molar-refractivity contribution in [3.05, 3.63) is 56.2 Å². The molecule has 0 saturated carbocycles. The van der Waals surface area contributed by atoms with E-state index < -0.39 is 0 Å². The van der Waals surface area contributed by atoms with E-state index in [2.05, 4.69) is 64.6 Å². The van der Waals surface area contributed by atoms with Crippen molar-refractivity contribution in [3.8, 4) is 0 Å². The Bertz CT molecular complexity index is 504. The Balaban J connectivity index is 2.01. The molecule has 0 fully saturated rings. The lowest BCUT2D eigenvalue weighted by Gasteiger charge is -2.16. The Hall–Kier alpha value is -0.640. The minimum Gasteiger partial charge on any atom is -0.319 e. The van der Waals surface area contributed by atoms with E-state index in [1.807, 2.05) is 18.4 Å². The standard InChI is InChI=1S/C16H20BrNS/c1-12-3-5-13(6-4-12)9-14(11-18-2)10-15-7-8-16(17)19-15/h3-8,14,18H,9-11H2,1-2H3. The van der Waals surface area contributed by atoms with Gasteiger partial charge in [-0.25, -0.2) is 0 Å². The summed E-state index contributed by atoms with van der Waals surface area (Å²) in [6, 6.07) is 13.3. The summed E-state index contributed by atoms with van der Waals surface area (Å²) in [5.74, 6) is 0.651. The molecule has 3 heteroatoms. The molecule has 19 heavy (non-hydrogen) atoms. The van der Waals surface area contributed by atoms with Gasteiger partial charge in [0.05, 0.1) is 3.79 Å². The Kier molecular flexibility index (Phi) is 5.61. The van der Waals surface area contributed by atoms with Crippen LogP contribution in [0.5, 0.6) is 0 Å². The van der Waals surface area contributed by atoms with Gasteiger partial charge in [-0.05, 0) is 72.9 Å². The first-order valence-electron chi connectivity index (χ1n) is 6.61.